The summed E-state index contributed by atoms with van der Waals surface area (Å²) >= 11 is 0. The molecule has 1 N–H and O–H groups in total. The Bertz CT molecular complexity index is 1400. The second-order valence-electron chi connectivity index (χ2n) is 9.10. The average molecular weight is 527 g/mol. The molecular weight excluding hydrogens is 496 g/mol. The quantitative estimate of drug-likeness (QED) is 0.500. The largest absolute Gasteiger partial charge is 0.495 e. The van der Waals surface area contributed by atoms with E-state index in [1.165, 1.54) is 31.5 Å². The maximum absolute atomic E-state index is 13.2. The summed E-state index contributed by atoms with van der Waals surface area (Å²) in [4.78, 5) is 32.8. The number of fused-ring (bicyclic) bond motifs is 1. The van der Waals surface area contributed by atoms with Gasteiger partial charge in [0.15, 0.2) is 0 Å². The van der Waals surface area contributed by atoms with Gasteiger partial charge in [0.25, 0.3) is 15.9 Å². The lowest BCUT2D eigenvalue weighted by Gasteiger charge is -2.34. The van der Waals surface area contributed by atoms with Gasteiger partial charge in [0.05, 0.1) is 24.9 Å². The minimum absolute atomic E-state index is 0.0394. The van der Waals surface area contributed by atoms with Crippen molar-refractivity contribution in [3.05, 3.63) is 60.3 Å². The summed E-state index contributed by atoms with van der Waals surface area (Å²) in [7, 11) is -2.58. The van der Waals surface area contributed by atoms with Gasteiger partial charge < -0.3 is 19.3 Å². The molecule has 1 saturated heterocycles. The van der Waals surface area contributed by atoms with Crippen LogP contribution in [0.1, 0.15) is 24.2 Å². The van der Waals surface area contributed by atoms with Crippen molar-refractivity contribution in [1.82, 2.24) is 14.8 Å². The Balaban J connectivity index is 1.47. The first kappa shape index (κ1) is 26.2. The number of methoxy groups -OCH3 is 1. The maximum Gasteiger partial charge on any atom is 0.409 e. The smallest absolute Gasteiger partial charge is 0.409 e. The fraction of sp³-hybridized carbons (Fsp3) is 0.346. The molecule has 0 saturated carbocycles. The minimum Gasteiger partial charge on any atom is -0.495 e. The van der Waals surface area contributed by atoms with E-state index in [1.807, 2.05) is 13.8 Å². The molecule has 4 rings (SSSR count). The zero-order chi connectivity index (χ0) is 26.6. The van der Waals surface area contributed by atoms with Gasteiger partial charge in [0.2, 0.25) is 0 Å². The SMILES string of the molecule is COc1cc(C(=O)N2CCN(C(=O)OCC(C)C)CC2)ccc1NS(=O)(=O)c1cccc2cccnc12. The summed E-state index contributed by atoms with van der Waals surface area (Å²) in [6.45, 7) is 5.75. The first-order valence-corrected chi connectivity index (χ1v) is 13.4. The highest BCUT2D eigenvalue weighted by molar-refractivity contribution is 7.93. The lowest BCUT2D eigenvalue weighted by Crippen LogP contribution is -2.50. The molecule has 3 aromatic rings. The third kappa shape index (κ3) is 5.93. The van der Waals surface area contributed by atoms with Crippen molar-refractivity contribution in [2.24, 2.45) is 5.92 Å². The van der Waals surface area contributed by atoms with Crippen LogP contribution in [0.3, 0.4) is 0 Å². The molecule has 1 aliphatic heterocycles. The van der Waals surface area contributed by atoms with E-state index in [1.54, 1.807) is 40.1 Å². The molecule has 11 heteroatoms. The molecule has 1 aliphatic rings. The fourth-order valence-corrected chi connectivity index (χ4v) is 5.26. The number of sulfonamides is 1. The molecule has 1 fully saturated rings. The molecule has 0 bridgehead atoms. The van der Waals surface area contributed by atoms with Gasteiger partial charge in [-0.25, -0.2) is 13.2 Å². The molecule has 37 heavy (non-hydrogen) atoms. The number of benzene rings is 2. The Morgan fingerprint density at radius 2 is 1.73 bits per heavy atom. The number of aromatic nitrogens is 1. The molecule has 0 spiro atoms. The lowest BCUT2D eigenvalue weighted by atomic mass is 10.1. The van der Waals surface area contributed by atoms with E-state index in [2.05, 4.69) is 9.71 Å². The minimum atomic E-state index is -3.99. The van der Waals surface area contributed by atoms with Gasteiger partial charge in [-0.3, -0.25) is 14.5 Å². The standard InChI is InChI=1S/C26H30N4O6S/c1-18(2)17-36-26(32)30-14-12-29(13-15-30)25(31)20-9-10-21(22(16-20)35-3)28-37(33,34)23-8-4-6-19-7-5-11-27-24(19)23/h4-11,16,18,28H,12-15,17H2,1-3H3. The van der Waals surface area contributed by atoms with Crippen LogP contribution in [-0.2, 0) is 14.8 Å². The van der Waals surface area contributed by atoms with Crippen molar-refractivity contribution in [3.8, 4) is 5.75 Å². The number of hydrogen-bond acceptors (Lipinski definition) is 7. The Labute approximate surface area is 216 Å². The third-order valence-corrected chi connectivity index (χ3v) is 7.34. The number of carbonyl (C=O) groups is 2. The Morgan fingerprint density at radius 1 is 1.03 bits per heavy atom. The molecule has 0 unspecified atom stereocenters. The van der Waals surface area contributed by atoms with Crippen molar-refractivity contribution >= 4 is 38.6 Å². The lowest BCUT2D eigenvalue weighted by molar-refractivity contribution is 0.0535. The zero-order valence-corrected chi connectivity index (χ0v) is 21.8. The first-order valence-electron chi connectivity index (χ1n) is 11.9. The predicted molar refractivity (Wildman–Crippen MR) is 139 cm³/mol. The van der Waals surface area contributed by atoms with Gasteiger partial charge in [-0.15, -0.1) is 0 Å². The number of para-hydroxylation sites is 1. The summed E-state index contributed by atoms with van der Waals surface area (Å²) in [5.41, 5.74) is 0.905. The summed E-state index contributed by atoms with van der Waals surface area (Å²) in [5.74, 6) is 0.220. The van der Waals surface area contributed by atoms with Gasteiger partial charge in [-0.1, -0.05) is 32.0 Å². The summed E-state index contributed by atoms with van der Waals surface area (Å²) in [6, 6.07) is 13.0. The van der Waals surface area contributed by atoms with Crippen LogP contribution in [0, 0.1) is 5.92 Å². The molecule has 1 aromatic heterocycles. The van der Waals surface area contributed by atoms with Gasteiger partial charge in [-0.2, -0.15) is 0 Å². The van der Waals surface area contributed by atoms with E-state index in [0.717, 1.165) is 0 Å². The third-order valence-electron chi connectivity index (χ3n) is 5.94. The van der Waals surface area contributed by atoms with E-state index >= 15 is 0 Å². The monoisotopic (exact) mass is 526 g/mol. The Kier molecular flexibility index (Phi) is 7.82. The van der Waals surface area contributed by atoms with Crippen molar-refractivity contribution in [2.75, 3.05) is 44.6 Å². The number of pyridine rings is 1. The second-order valence-corrected chi connectivity index (χ2v) is 10.8. The van der Waals surface area contributed by atoms with Crippen LogP contribution in [0.4, 0.5) is 10.5 Å². The van der Waals surface area contributed by atoms with E-state index in [0.29, 0.717) is 49.3 Å². The number of amides is 2. The summed E-state index contributed by atoms with van der Waals surface area (Å²) in [6.07, 6.45) is 1.16. The average Bonchev–Trinajstić information content (AvgIpc) is 2.91. The normalized spacial score (nSPS) is 14.1. The van der Waals surface area contributed by atoms with Crippen molar-refractivity contribution in [1.29, 1.82) is 0 Å². The molecule has 0 radical (unpaired) electrons. The zero-order valence-electron chi connectivity index (χ0n) is 21.0. The van der Waals surface area contributed by atoms with Gasteiger partial charge in [0.1, 0.15) is 10.6 Å². The van der Waals surface area contributed by atoms with Crippen LogP contribution in [-0.4, -0.2) is 75.1 Å². The molecule has 2 heterocycles. The number of hydrogen-bond donors (Lipinski definition) is 1. The van der Waals surface area contributed by atoms with Gasteiger partial charge >= 0.3 is 6.09 Å². The molecule has 2 aromatic carbocycles. The number of rotatable bonds is 7. The number of nitrogens with one attached hydrogen (secondary N) is 1. The molecular formula is C26H30N4O6S. The first-order chi connectivity index (χ1) is 17.7. The topological polar surface area (TPSA) is 118 Å². The predicted octanol–water partition coefficient (Wildman–Crippen LogP) is 3.59. The van der Waals surface area contributed by atoms with Gasteiger partial charge in [-0.05, 0) is 36.2 Å². The van der Waals surface area contributed by atoms with Crippen molar-refractivity contribution in [3.63, 3.8) is 0 Å². The molecule has 0 atom stereocenters. The van der Waals surface area contributed by atoms with E-state index in [4.69, 9.17) is 9.47 Å². The van der Waals surface area contributed by atoms with Crippen LogP contribution < -0.4 is 9.46 Å². The fourth-order valence-electron chi connectivity index (χ4n) is 4.01. The van der Waals surface area contributed by atoms with E-state index in [9.17, 15) is 18.0 Å². The number of piperazine rings is 1. The molecule has 10 nitrogen and oxygen atoms in total. The van der Waals surface area contributed by atoms with Crippen molar-refractivity contribution in [2.45, 2.75) is 18.7 Å². The summed E-state index contributed by atoms with van der Waals surface area (Å²) < 4.78 is 39.6. The van der Waals surface area contributed by atoms with Gasteiger partial charge in [0, 0.05) is 43.3 Å². The maximum atomic E-state index is 13.2. The van der Waals surface area contributed by atoms with Crippen LogP contribution in [0.5, 0.6) is 5.75 Å². The van der Waals surface area contributed by atoms with Crippen LogP contribution in [0.2, 0.25) is 0 Å². The Hall–Kier alpha value is -3.86. The highest BCUT2D eigenvalue weighted by atomic mass is 32.2. The molecule has 2 amide bonds. The van der Waals surface area contributed by atoms with E-state index < -0.39 is 10.0 Å². The molecule has 196 valence electrons. The second kappa shape index (κ2) is 11.0. The van der Waals surface area contributed by atoms with Crippen molar-refractivity contribution < 1.29 is 27.5 Å². The van der Waals surface area contributed by atoms with E-state index in [-0.39, 0.29) is 34.3 Å². The molecule has 0 aliphatic carbocycles. The highest BCUT2D eigenvalue weighted by Crippen LogP contribution is 2.30. The number of nitrogens with zero attached hydrogens (tertiary/aromatic N) is 3. The van der Waals surface area contributed by atoms with Crippen LogP contribution in [0.25, 0.3) is 10.9 Å². The highest BCUT2D eigenvalue weighted by Gasteiger charge is 2.27. The number of anilines is 1. The number of carbonyl (C=O) groups excluding carboxylic acids is 2. The number of ether oxygens (including phenoxy) is 2. The van der Waals surface area contributed by atoms with Crippen LogP contribution >= 0.6 is 0 Å². The summed E-state index contributed by atoms with van der Waals surface area (Å²) in [5, 5.41) is 0.701. The Morgan fingerprint density at radius 3 is 2.43 bits per heavy atom. The van der Waals surface area contributed by atoms with Crippen LogP contribution in [0.15, 0.2) is 59.6 Å².